The van der Waals surface area contributed by atoms with Gasteiger partial charge >= 0.3 is 0 Å². The Morgan fingerprint density at radius 2 is 2.12 bits per heavy atom. The van der Waals surface area contributed by atoms with E-state index in [0.29, 0.717) is 6.54 Å². The number of carbonyl (C=O) groups excluding carboxylic acids is 1. The van der Waals surface area contributed by atoms with Crippen LogP contribution in [0.1, 0.15) is 24.0 Å². The van der Waals surface area contributed by atoms with Gasteiger partial charge < -0.3 is 10.2 Å². The van der Waals surface area contributed by atoms with Crippen molar-refractivity contribution in [1.29, 1.82) is 0 Å². The molecule has 1 atom stereocenters. The molecule has 0 bridgehead atoms. The second-order valence-electron chi connectivity index (χ2n) is 4.83. The molecule has 0 aromatic heterocycles. The molecule has 1 aromatic carbocycles. The van der Waals surface area contributed by atoms with Crippen LogP contribution in [0.5, 0.6) is 0 Å². The van der Waals surface area contributed by atoms with Crippen LogP contribution >= 0.6 is 0 Å². The van der Waals surface area contributed by atoms with Crippen LogP contribution < -0.4 is 5.32 Å². The number of hydrogen-bond acceptors (Lipinski definition) is 2. The van der Waals surface area contributed by atoms with Crippen LogP contribution in [-0.4, -0.2) is 30.4 Å². The third-order valence-electron chi connectivity index (χ3n) is 3.27. The van der Waals surface area contributed by atoms with Crippen LogP contribution in [0.2, 0.25) is 0 Å². The third kappa shape index (κ3) is 3.07. The van der Waals surface area contributed by atoms with Crippen molar-refractivity contribution in [2.24, 2.45) is 0 Å². The van der Waals surface area contributed by atoms with Crippen molar-refractivity contribution in [3.63, 3.8) is 0 Å². The van der Waals surface area contributed by atoms with E-state index < -0.39 is 0 Å². The molecule has 0 unspecified atom stereocenters. The van der Waals surface area contributed by atoms with Crippen LogP contribution in [-0.2, 0) is 11.3 Å². The summed E-state index contributed by atoms with van der Waals surface area (Å²) in [6.07, 6.45) is 2.08. The largest absolute Gasteiger partial charge is 0.340 e. The van der Waals surface area contributed by atoms with Gasteiger partial charge in [0.2, 0.25) is 5.91 Å². The highest BCUT2D eigenvalue weighted by Gasteiger charge is 2.24. The summed E-state index contributed by atoms with van der Waals surface area (Å²) in [7, 11) is 1.88. The van der Waals surface area contributed by atoms with Crippen molar-refractivity contribution >= 4 is 5.91 Å². The zero-order valence-corrected chi connectivity index (χ0v) is 10.6. The molecule has 1 aliphatic rings. The van der Waals surface area contributed by atoms with Gasteiger partial charge in [-0.15, -0.1) is 0 Å². The van der Waals surface area contributed by atoms with E-state index >= 15 is 0 Å². The van der Waals surface area contributed by atoms with Gasteiger partial charge in [0.15, 0.2) is 0 Å². The van der Waals surface area contributed by atoms with Crippen molar-refractivity contribution in [1.82, 2.24) is 10.2 Å². The Balaban J connectivity index is 1.93. The van der Waals surface area contributed by atoms with Gasteiger partial charge in [-0.3, -0.25) is 4.79 Å². The van der Waals surface area contributed by atoms with Gasteiger partial charge in [0.1, 0.15) is 0 Å². The summed E-state index contributed by atoms with van der Waals surface area (Å²) in [5.41, 5.74) is 2.43. The minimum atomic E-state index is 0.0328. The number of likely N-dealkylation sites (N-methyl/N-ethyl adjacent to an activating group) is 1. The topological polar surface area (TPSA) is 32.3 Å². The van der Waals surface area contributed by atoms with E-state index in [1.54, 1.807) is 0 Å². The van der Waals surface area contributed by atoms with Gasteiger partial charge in [0, 0.05) is 13.6 Å². The van der Waals surface area contributed by atoms with E-state index in [-0.39, 0.29) is 11.9 Å². The number of carbonyl (C=O) groups is 1. The second-order valence-corrected chi connectivity index (χ2v) is 4.83. The Morgan fingerprint density at radius 3 is 2.71 bits per heavy atom. The summed E-state index contributed by atoms with van der Waals surface area (Å²) < 4.78 is 0. The summed E-state index contributed by atoms with van der Waals surface area (Å²) >= 11 is 0. The normalized spacial score (nSPS) is 19.3. The van der Waals surface area contributed by atoms with Gasteiger partial charge in [-0.25, -0.2) is 0 Å². The molecule has 92 valence electrons. The maximum atomic E-state index is 12.1. The lowest BCUT2D eigenvalue weighted by Crippen LogP contribution is -2.41. The Kier molecular flexibility index (Phi) is 3.79. The van der Waals surface area contributed by atoms with Crippen LogP contribution in [0.4, 0.5) is 0 Å². The van der Waals surface area contributed by atoms with E-state index in [0.717, 1.165) is 19.4 Å². The first kappa shape index (κ1) is 12.1. The lowest BCUT2D eigenvalue weighted by molar-refractivity contribution is -0.132. The molecular formula is C14H20N2O. The van der Waals surface area contributed by atoms with Gasteiger partial charge in [-0.05, 0) is 31.9 Å². The Morgan fingerprint density at radius 1 is 1.41 bits per heavy atom. The van der Waals surface area contributed by atoms with E-state index in [4.69, 9.17) is 0 Å². The summed E-state index contributed by atoms with van der Waals surface area (Å²) in [5.74, 6) is 0.211. The molecule has 1 saturated heterocycles. The first-order valence-corrected chi connectivity index (χ1v) is 6.21. The molecule has 0 aliphatic carbocycles. The molecule has 1 aliphatic heterocycles. The summed E-state index contributed by atoms with van der Waals surface area (Å²) in [4.78, 5) is 13.9. The quantitative estimate of drug-likeness (QED) is 0.860. The zero-order valence-electron chi connectivity index (χ0n) is 10.6. The number of amides is 1. The van der Waals surface area contributed by atoms with Crippen molar-refractivity contribution in [2.75, 3.05) is 13.6 Å². The van der Waals surface area contributed by atoms with E-state index in [9.17, 15) is 4.79 Å². The molecule has 1 N–H and O–H groups in total. The molecule has 0 radical (unpaired) electrons. The highest BCUT2D eigenvalue weighted by Crippen LogP contribution is 2.11. The van der Waals surface area contributed by atoms with Gasteiger partial charge in [-0.2, -0.15) is 0 Å². The van der Waals surface area contributed by atoms with Gasteiger partial charge in [0.25, 0.3) is 0 Å². The van der Waals surface area contributed by atoms with Crippen LogP contribution in [0, 0.1) is 6.92 Å². The molecule has 0 spiro atoms. The number of nitrogens with zero attached hydrogens (tertiary/aromatic N) is 1. The fraction of sp³-hybridized carbons (Fsp3) is 0.500. The van der Waals surface area contributed by atoms with E-state index in [1.807, 2.05) is 11.9 Å². The smallest absolute Gasteiger partial charge is 0.239 e. The molecule has 3 heteroatoms. The van der Waals surface area contributed by atoms with Gasteiger partial charge in [-0.1, -0.05) is 29.8 Å². The number of nitrogens with one attached hydrogen (secondary N) is 1. The number of benzene rings is 1. The fourth-order valence-electron chi connectivity index (χ4n) is 2.21. The van der Waals surface area contributed by atoms with Crippen molar-refractivity contribution in [3.05, 3.63) is 35.4 Å². The minimum absolute atomic E-state index is 0.0328. The van der Waals surface area contributed by atoms with E-state index in [2.05, 4.69) is 36.5 Å². The molecule has 17 heavy (non-hydrogen) atoms. The number of aryl methyl sites for hydroxylation is 1. The molecule has 1 aromatic rings. The van der Waals surface area contributed by atoms with Crippen LogP contribution in [0.3, 0.4) is 0 Å². The summed E-state index contributed by atoms with van der Waals surface area (Å²) in [6.45, 7) is 3.73. The highest BCUT2D eigenvalue weighted by atomic mass is 16.2. The minimum Gasteiger partial charge on any atom is -0.340 e. The van der Waals surface area contributed by atoms with Crippen LogP contribution in [0.25, 0.3) is 0 Å². The summed E-state index contributed by atoms with van der Waals surface area (Å²) in [6, 6.07) is 8.37. The zero-order chi connectivity index (χ0) is 12.3. The standard InChI is InChI=1S/C14H20N2O/c1-11-5-7-12(8-6-11)10-16(2)14(17)13-4-3-9-15-13/h5-8,13,15H,3-4,9-10H2,1-2H3/t13-/m0/s1. The first-order chi connectivity index (χ1) is 8.16. The highest BCUT2D eigenvalue weighted by molar-refractivity contribution is 5.81. The predicted octanol–water partition coefficient (Wildman–Crippen LogP) is 1.71. The Bertz CT molecular complexity index is 380. The Labute approximate surface area is 103 Å². The monoisotopic (exact) mass is 232 g/mol. The van der Waals surface area contributed by atoms with Crippen LogP contribution in [0.15, 0.2) is 24.3 Å². The van der Waals surface area contributed by atoms with E-state index in [1.165, 1.54) is 11.1 Å². The molecule has 3 nitrogen and oxygen atoms in total. The van der Waals surface area contributed by atoms with Crippen molar-refractivity contribution in [2.45, 2.75) is 32.4 Å². The summed E-state index contributed by atoms with van der Waals surface area (Å²) in [5, 5.41) is 3.24. The maximum Gasteiger partial charge on any atom is 0.239 e. The number of rotatable bonds is 3. The maximum absolute atomic E-state index is 12.1. The molecular weight excluding hydrogens is 212 g/mol. The molecule has 1 amide bonds. The predicted molar refractivity (Wildman–Crippen MR) is 68.7 cm³/mol. The lowest BCUT2D eigenvalue weighted by atomic mass is 10.1. The molecule has 1 fully saturated rings. The fourth-order valence-corrected chi connectivity index (χ4v) is 2.21. The molecule has 0 saturated carbocycles. The Hall–Kier alpha value is -1.35. The second kappa shape index (κ2) is 5.32. The average molecular weight is 232 g/mol. The van der Waals surface area contributed by atoms with Crippen molar-refractivity contribution < 1.29 is 4.79 Å². The molecule has 1 heterocycles. The lowest BCUT2D eigenvalue weighted by Gasteiger charge is -2.21. The third-order valence-corrected chi connectivity index (χ3v) is 3.27. The molecule has 2 rings (SSSR count). The van der Waals surface area contributed by atoms with Gasteiger partial charge in [0.05, 0.1) is 6.04 Å². The first-order valence-electron chi connectivity index (χ1n) is 6.21. The number of hydrogen-bond donors (Lipinski definition) is 1. The van der Waals surface area contributed by atoms with Crippen molar-refractivity contribution in [3.8, 4) is 0 Å². The SMILES string of the molecule is Cc1ccc(CN(C)C(=O)[C@@H]2CCCN2)cc1. The average Bonchev–Trinajstić information content (AvgIpc) is 2.84.